The van der Waals surface area contributed by atoms with Crippen LogP contribution in [0.2, 0.25) is 0 Å². The number of anilines is 2. The van der Waals surface area contributed by atoms with Gasteiger partial charge in [-0.05, 0) is 60.7 Å². The number of aromatic nitrogens is 4. The molecule has 0 spiro atoms. The summed E-state index contributed by atoms with van der Waals surface area (Å²) in [5.41, 5.74) is 12.6. The molecule has 5 N–H and O–H groups in total. The van der Waals surface area contributed by atoms with Gasteiger partial charge in [0.15, 0.2) is 0 Å². The number of carbonyl (C=O) groups excluding carboxylic acids is 1. The Morgan fingerprint density at radius 1 is 0.977 bits per heavy atom. The van der Waals surface area contributed by atoms with Crippen molar-refractivity contribution in [2.24, 2.45) is 0 Å². The molecule has 3 aromatic heterocycles. The molecule has 0 bridgehead atoms. The van der Waals surface area contributed by atoms with E-state index in [1.165, 1.54) is 5.56 Å². The van der Waals surface area contributed by atoms with E-state index in [9.17, 15) is 9.90 Å². The van der Waals surface area contributed by atoms with Crippen molar-refractivity contribution in [1.82, 2.24) is 24.4 Å². The Morgan fingerprint density at radius 3 is 2.41 bits per heavy atom. The van der Waals surface area contributed by atoms with Crippen molar-refractivity contribution in [3.05, 3.63) is 96.3 Å². The van der Waals surface area contributed by atoms with Crippen molar-refractivity contribution < 1.29 is 9.90 Å². The highest BCUT2D eigenvalue weighted by atomic mass is 16.3. The third-order valence-electron chi connectivity index (χ3n) is 8.76. The first-order valence-electron chi connectivity index (χ1n) is 14.9. The van der Waals surface area contributed by atoms with E-state index in [1.807, 2.05) is 74.8 Å². The molecule has 6 aromatic rings. The lowest BCUT2D eigenvalue weighted by Crippen LogP contribution is -2.42. The molecule has 0 saturated carbocycles. The Bertz CT molecular complexity index is 1980. The van der Waals surface area contributed by atoms with Crippen LogP contribution in [0.25, 0.3) is 44.3 Å². The van der Waals surface area contributed by atoms with Crippen molar-refractivity contribution in [3.8, 4) is 22.5 Å². The smallest absolute Gasteiger partial charge is 0.330 e. The first kappa shape index (κ1) is 27.8. The molecule has 1 aliphatic rings. The van der Waals surface area contributed by atoms with Crippen molar-refractivity contribution in [3.63, 3.8) is 0 Å². The minimum absolute atomic E-state index is 0.169. The average Bonchev–Trinajstić information content (AvgIpc) is 3.64. The average molecular weight is 586 g/mol. The number of rotatable bonds is 5. The second-order valence-corrected chi connectivity index (χ2v) is 12.0. The number of carbonyl (C=O) groups is 1. The standard InChI is InChI=1S/C35H35N7O2/c1-22-26(12-7-13-29(22)38-34(43)42-20-23-8-3-4-9-24(23)21-42)31-28-18-30(37-32(28)40-33(36)39-31)27-11-6-5-10-25(27)19-41-16-14-35(2,44)15-17-41/h3-13,18,20-21,44H,14-17,19H2,1-2H3,(H,38,43)(H3,36,37,39,40). The van der Waals surface area contributed by atoms with Gasteiger partial charge in [0.05, 0.1) is 11.3 Å². The summed E-state index contributed by atoms with van der Waals surface area (Å²) in [7, 11) is 0. The van der Waals surface area contributed by atoms with Gasteiger partial charge < -0.3 is 21.1 Å². The SMILES string of the molecule is Cc1c(NC(=O)n2cc3ccccc3c2)cccc1-c1nc(N)nc2[nH]c(-c3ccccc3CN3CCC(C)(O)CC3)cc12. The maximum Gasteiger partial charge on any atom is 0.330 e. The van der Waals surface area contributed by atoms with Gasteiger partial charge in [0, 0.05) is 59.9 Å². The summed E-state index contributed by atoms with van der Waals surface area (Å²) in [6.07, 6.45) is 5.18. The minimum Gasteiger partial charge on any atom is -0.390 e. The molecule has 9 heteroatoms. The molecule has 4 heterocycles. The third kappa shape index (κ3) is 5.32. The number of hydrogen-bond acceptors (Lipinski definition) is 6. The molecule has 44 heavy (non-hydrogen) atoms. The molecule has 1 amide bonds. The number of benzene rings is 3. The van der Waals surface area contributed by atoms with Crippen molar-refractivity contribution >= 4 is 39.5 Å². The predicted octanol–water partition coefficient (Wildman–Crippen LogP) is 6.56. The summed E-state index contributed by atoms with van der Waals surface area (Å²) in [5, 5.41) is 16.3. The highest BCUT2D eigenvalue weighted by Gasteiger charge is 2.27. The van der Waals surface area contributed by atoms with Crippen LogP contribution in [0.15, 0.2) is 85.2 Å². The summed E-state index contributed by atoms with van der Waals surface area (Å²) in [5.74, 6) is 0.169. The van der Waals surface area contributed by atoms with Gasteiger partial charge in [-0.3, -0.25) is 9.47 Å². The fourth-order valence-electron chi connectivity index (χ4n) is 6.14. The molecule has 222 valence electrons. The van der Waals surface area contributed by atoms with Gasteiger partial charge in [-0.2, -0.15) is 4.98 Å². The lowest BCUT2D eigenvalue weighted by Gasteiger charge is -2.36. The van der Waals surface area contributed by atoms with E-state index < -0.39 is 5.60 Å². The van der Waals surface area contributed by atoms with Crippen molar-refractivity contribution in [1.29, 1.82) is 0 Å². The Labute approximate surface area is 255 Å². The van der Waals surface area contributed by atoms with Gasteiger partial charge in [-0.15, -0.1) is 0 Å². The van der Waals surface area contributed by atoms with Gasteiger partial charge in [-0.1, -0.05) is 60.7 Å². The topological polar surface area (TPSA) is 125 Å². The lowest BCUT2D eigenvalue weighted by atomic mass is 9.93. The Hall–Kier alpha value is -4.99. The van der Waals surface area contributed by atoms with Crippen LogP contribution in [-0.2, 0) is 6.54 Å². The Balaban J connectivity index is 1.21. The largest absolute Gasteiger partial charge is 0.390 e. The molecule has 0 radical (unpaired) electrons. The molecule has 0 unspecified atom stereocenters. The highest BCUT2D eigenvalue weighted by Crippen LogP contribution is 2.36. The number of H-pyrrole nitrogens is 1. The number of nitrogens with one attached hydrogen (secondary N) is 2. The number of hydrogen-bond donors (Lipinski definition) is 4. The number of aliphatic hydroxyl groups is 1. The number of aromatic amines is 1. The van der Waals surface area contributed by atoms with Crippen LogP contribution in [0, 0.1) is 6.92 Å². The molecule has 1 fully saturated rings. The van der Waals surface area contributed by atoms with Gasteiger partial charge in [0.1, 0.15) is 5.65 Å². The van der Waals surface area contributed by atoms with E-state index in [1.54, 1.807) is 4.57 Å². The number of nitrogen functional groups attached to an aromatic ring is 1. The summed E-state index contributed by atoms with van der Waals surface area (Å²) < 4.78 is 1.57. The van der Waals surface area contributed by atoms with Crippen LogP contribution in [0.3, 0.4) is 0 Å². The maximum absolute atomic E-state index is 13.2. The van der Waals surface area contributed by atoms with Crippen LogP contribution in [-0.4, -0.2) is 54.2 Å². The number of fused-ring (bicyclic) bond motifs is 2. The highest BCUT2D eigenvalue weighted by molar-refractivity contribution is 5.99. The van der Waals surface area contributed by atoms with E-state index in [0.29, 0.717) is 17.0 Å². The summed E-state index contributed by atoms with van der Waals surface area (Å²) in [4.78, 5) is 28.3. The molecule has 1 saturated heterocycles. The minimum atomic E-state index is -0.586. The van der Waals surface area contributed by atoms with Gasteiger partial charge in [0.2, 0.25) is 5.95 Å². The number of likely N-dealkylation sites (tertiary alicyclic amines) is 1. The molecule has 7 rings (SSSR count). The number of amides is 1. The third-order valence-corrected chi connectivity index (χ3v) is 8.76. The summed E-state index contributed by atoms with van der Waals surface area (Å²) >= 11 is 0. The molecule has 0 aliphatic carbocycles. The maximum atomic E-state index is 13.2. The normalized spacial score (nSPS) is 15.2. The van der Waals surface area contributed by atoms with Crippen LogP contribution in [0.5, 0.6) is 0 Å². The molecule has 3 aromatic carbocycles. The molecule has 9 nitrogen and oxygen atoms in total. The predicted molar refractivity (Wildman–Crippen MR) is 175 cm³/mol. The number of nitrogens with two attached hydrogens (primary N) is 1. The first-order valence-corrected chi connectivity index (χ1v) is 14.9. The number of piperidine rings is 1. The van der Waals surface area contributed by atoms with Crippen LogP contribution in [0.4, 0.5) is 16.4 Å². The zero-order valence-electron chi connectivity index (χ0n) is 24.8. The molecular weight excluding hydrogens is 550 g/mol. The fraction of sp³-hybridized carbons (Fsp3) is 0.229. The quantitative estimate of drug-likeness (QED) is 0.182. The Kier molecular flexibility index (Phi) is 6.91. The van der Waals surface area contributed by atoms with E-state index in [-0.39, 0.29) is 12.0 Å². The summed E-state index contributed by atoms with van der Waals surface area (Å²) in [6.45, 7) is 6.39. The van der Waals surface area contributed by atoms with Crippen molar-refractivity contribution in [2.75, 3.05) is 24.1 Å². The monoisotopic (exact) mass is 585 g/mol. The molecular formula is C35H35N7O2. The van der Waals surface area contributed by atoms with Crippen molar-refractivity contribution in [2.45, 2.75) is 38.8 Å². The van der Waals surface area contributed by atoms with E-state index in [4.69, 9.17) is 5.73 Å². The second-order valence-electron chi connectivity index (χ2n) is 12.0. The number of nitrogens with zero attached hydrogens (tertiary/aromatic N) is 4. The van der Waals surface area contributed by atoms with E-state index >= 15 is 0 Å². The van der Waals surface area contributed by atoms with Crippen LogP contribution < -0.4 is 11.1 Å². The van der Waals surface area contributed by atoms with Crippen LogP contribution in [0.1, 0.15) is 30.9 Å². The molecule has 0 atom stereocenters. The molecule has 1 aliphatic heterocycles. The zero-order valence-corrected chi connectivity index (χ0v) is 24.8. The Morgan fingerprint density at radius 2 is 1.66 bits per heavy atom. The van der Waals surface area contributed by atoms with Gasteiger partial charge >= 0.3 is 6.03 Å². The van der Waals surface area contributed by atoms with E-state index in [0.717, 1.165) is 71.0 Å². The van der Waals surface area contributed by atoms with E-state index in [2.05, 4.69) is 49.4 Å². The van der Waals surface area contributed by atoms with Gasteiger partial charge in [-0.25, -0.2) is 9.78 Å². The summed E-state index contributed by atoms with van der Waals surface area (Å²) in [6, 6.07) is 23.9. The van der Waals surface area contributed by atoms with Gasteiger partial charge in [0.25, 0.3) is 0 Å². The first-order chi connectivity index (χ1) is 21.2. The zero-order chi connectivity index (χ0) is 30.4. The lowest BCUT2D eigenvalue weighted by molar-refractivity contribution is -0.00726. The fourth-order valence-corrected chi connectivity index (χ4v) is 6.14. The second kappa shape index (κ2) is 10.9. The van der Waals surface area contributed by atoms with Crippen LogP contribution >= 0.6 is 0 Å².